The first kappa shape index (κ1) is 13.5. The summed E-state index contributed by atoms with van der Waals surface area (Å²) in [6.45, 7) is -0.0509. The third-order valence-electron chi connectivity index (χ3n) is 2.61. The van der Waals surface area contributed by atoms with E-state index in [0.29, 0.717) is 0 Å². The molecule has 20 heavy (non-hydrogen) atoms. The molecule has 2 N–H and O–H groups in total. The van der Waals surface area contributed by atoms with Crippen LogP contribution >= 0.6 is 0 Å². The van der Waals surface area contributed by atoms with Crippen LogP contribution in [-0.4, -0.2) is 22.6 Å². The summed E-state index contributed by atoms with van der Waals surface area (Å²) in [5.41, 5.74) is 1.94. The lowest BCUT2D eigenvalue weighted by atomic mass is 10.2. The number of nitrogens with zero attached hydrogens (tertiary/aromatic N) is 2. The van der Waals surface area contributed by atoms with Crippen LogP contribution in [0.25, 0.3) is 0 Å². The monoisotopic (exact) mass is 277 g/mol. The number of hydrogen-bond donors (Lipinski definition) is 2. The number of hydrazine groups is 1. The van der Waals surface area contributed by atoms with Crippen molar-refractivity contribution in [2.75, 3.05) is 12.0 Å². The second kappa shape index (κ2) is 5.40. The summed E-state index contributed by atoms with van der Waals surface area (Å²) < 4.78 is 27.3. The van der Waals surface area contributed by atoms with Crippen LogP contribution in [0.1, 0.15) is 5.56 Å². The zero-order valence-electron chi connectivity index (χ0n) is 10.1. The number of carboxylic acid groups (broad SMARTS) is 1. The molecule has 7 heteroatoms. The van der Waals surface area contributed by atoms with Crippen LogP contribution in [0.15, 0.2) is 36.1 Å². The minimum Gasteiger partial charge on any atom is -0.478 e. The number of carboxylic acids is 1. The maximum absolute atomic E-state index is 13.7. The summed E-state index contributed by atoms with van der Waals surface area (Å²) in [5.74, 6) is -2.97. The molecule has 0 unspecified atom stereocenters. The van der Waals surface area contributed by atoms with Gasteiger partial charge in [-0.2, -0.15) is 5.26 Å². The summed E-state index contributed by atoms with van der Waals surface area (Å²) in [6.07, 6.45) is 4.29. The standard InChI is InChI=1S/C13H9F2N3O2/c14-10-4-8(6-16)5-11(15)12(10)17-18-3-1-2-9(7-18)13(19)20/h1-5,17H,7H2,(H,19,20). The Balaban J connectivity index is 2.20. The molecule has 1 aliphatic heterocycles. The van der Waals surface area contributed by atoms with Crippen molar-refractivity contribution < 1.29 is 18.7 Å². The largest absolute Gasteiger partial charge is 0.478 e. The Morgan fingerprint density at radius 2 is 2.05 bits per heavy atom. The third-order valence-corrected chi connectivity index (χ3v) is 2.61. The highest BCUT2D eigenvalue weighted by Crippen LogP contribution is 2.22. The van der Waals surface area contributed by atoms with Crippen molar-refractivity contribution in [1.82, 2.24) is 5.01 Å². The summed E-state index contributed by atoms with van der Waals surface area (Å²) in [6, 6.07) is 3.43. The number of halogens is 2. The molecule has 1 aromatic carbocycles. The lowest BCUT2D eigenvalue weighted by molar-refractivity contribution is -0.132. The number of benzene rings is 1. The van der Waals surface area contributed by atoms with Crippen LogP contribution in [0.2, 0.25) is 0 Å². The van der Waals surface area contributed by atoms with E-state index in [1.807, 2.05) is 0 Å². The lowest BCUT2D eigenvalue weighted by Gasteiger charge is -2.25. The fraction of sp³-hybridized carbons (Fsp3) is 0.0769. The molecular weight excluding hydrogens is 268 g/mol. The number of nitrogens with one attached hydrogen (secondary N) is 1. The van der Waals surface area contributed by atoms with Crippen molar-refractivity contribution in [3.05, 3.63) is 53.3 Å². The van der Waals surface area contributed by atoms with Gasteiger partial charge in [0.2, 0.25) is 0 Å². The molecule has 0 spiro atoms. The van der Waals surface area contributed by atoms with Crippen LogP contribution in [0, 0.1) is 23.0 Å². The summed E-state index contributed by atoms with van der Waals surface area (Å²) in [7, 11) is 0. The number of aliphatic carboxylic acids is 1. The zero-order valence-corrected chi connectivity index (χ0v) is 10.1. The van der Waals surface area contributed by atoms with Crippen molar-refractivity contribution in [1.29, 1.82) is 5.26 Å². The highest BCUT2D eigenvalue weighted by atomic mass is 19.1. The van der Waals surface area contributed by atoms with Crippen molar-refractivity contribution in [2.24, 2.45) is 0 Å². The Morgan fingerprint density at radius 1 is 1.40 bits per heavy atom. The van der Waals surface area contributed by atoms with E-state index in [4.69, 9.17) is 10.4 Å². The van der Waals surface area contributed by atoms with E-state index in [1.165, 1.54) is 23.4 Å². The smallest absolute Gasteiger partial charge is 0.333 e. The van der Waals surface area contributed by atoms with E-state index in [1.54, 1.807) is 6.07 Å². The number of anilines is 1. The summed E-state index contributed by atoms with van der Waals surface area (Å²) >= 11 is 0. The summed E-state index contributed by atoms with van der Waals surface area (Å²) in [4.78, 5) is 10.8. The minimum atomic E-state index is -1.11. The van der Waals surface area contributed by atoms with E-state index in [9.17, 15) is 13.6 Å². The van der Waals surface area contributed by atoms with Gasteiger partial charge in [0.1, 0.15) is 5.69 Å². The van der Waals surface area contributed by atoms with Gasteiger partial charge >= 0.3 is 5.97 Å². The van der Waals surface area contributed by atoms with Gasteiger partial charge in [0.15, 0.2) is 11.6 Å². The predicted molar refractivity (Wildman–Crippen MR) is 66.3 cm³/mol. The fourth-order valence-electron chi connectivity index (χ4n) is 1.66. The van der Waals surface area contributed by atoms with Gasteiger partial charge in [-0.15, -0.1) is 0 Å². The maximum atomic E-state index is 13.7. The van der Waals surface area contributed by atoms with Crippen LogP contribution in [-0.2, 0) is 4.79 Å². The Morgan fingerprint density at radius 3 is 2.60 bits per heavy atom. The van der Waals surface area contributed by atoms with Gasteiger partial charge in [-0.05, 0) is 24.3 Å². The molecule has 0 radical (unpaired) electrons. The van der Waals surface area contributed by atoms with E-state index in [-0.39, 0.29) is 17.7 Å². The van der Waals surface area contributed by atoms with Crippen LogP contribution < -0.4 is 5.43 Å². The average Bonchev–Trinajstić information content (AvgIpc) is 2.42. The molecule has 102 valence electrons. The number of carbonyl (C=O) groups is 1. The van der Waals surface area contributed by atoms with E-state index >= 15 is 0 Å². The van der Waals surface area contributed by atoms with E-state index < -0.39 is 23.3 Å². The topological polar surface area (TPSA) is 76.4 Å². The highest BCUT2D eigenvalue weighted by Gasteiger charge is 2.17. The van der Waals surface area contributed by atoms with Crippen molar-refractivity contribution in [2.45, 2.75) is 0 Å². The molecule has 0 atom stereocenters. The first-order chi connectivity index (χ1) is 9.51. The second-order valence-electron chi connectivity index (χ2n) is 4.00. The van der Waals surface area contributed by atoms with Crippen LogP contribution in [0.4, 0.5) is 14.5 Å². The van der Waals surface area contributed by atoms with Crippen LogP contribution in [0.5, 0.6) is 0 Å². The predicted octanol–water partition coefficient (Wildman–Crippen LogP) is 2.00. The zero-order chi connectivity index (χ0) is 14.7. The van der Waals surface area contributed by atoms with Crippen LogP contribution in [0.3, 0.4) is 0 Å². The second-order valence-corrected chi connectivity index (χ2v) is 4.00. The number of rotatable bonds is 3. The van der Waals surface area contributed by atoms with E-state index in [2.05, 4.69) is 5.43 Å². The average molecular weight is 277 g/mol. The van der Waals surface area contributed by atoms with Gasteiger partial charge in [-0.1, -0.05) is 0 Å². The van der Waals surface area contributed by atoms with E-state index in [0.717, 1.165) is 12.1 Å². The molecule has 0 aromatic heterocycles. The highest BCUT2D eigenvalue weighted by molar-refractivity contribution is 5.87. The molecule has 0 saturated heterocycles. The van der Waals surface area contributed by atoms with Gasteiger partial charge in [-0.3, -0.25) is 10.4 Å². The lowest BCUT2D eigenvalue weighted by Crippen LogP contribution is -2.31. The minimum absolute atomic E-state index is 0.0509. The maximum Gasteiger partial charge on any atom is 0.333 e. The van der Waals surface area contributed by atoms with Gasteiger partial charge in [-0.25, -0.2) is 13.6 Å². The number of nitriles is 1. The molecule has 5 nitrogen and oxygen atoms in total. The fourth-order valence-corrected chi connectivity index (χ4v) is 1.66. The van der Waals surface area contributed by atoms with Gasteiger partial charge in [0.25, 0.3) is 0 Å². The quantitative estimate of drug-likeness (QED) is 0.883. The molecule has 0 fully saturated rings. The Kier molecular flexibility index (Phi) is 3.66. The molecule has 1 heterocycles. The Bertz CT molecular complexity index is 639. The molecule has 0 bridgehead atoms. The normalized spacial score (nSPS) is 13.7. The van der Waals surface area contributed by atoms with Crippen molar-refractivity contribution in [3.8, 4) is 6.07 Å². The Labute approximate surface area is 113 Å². The summed E-state index contributed by atoms with van der Waals surface area (Å²) in [5, 5.41) is 18.7. The SMILES string of the molecule is N#Cc1cc(F)c(NN2C=CC=C(C(=O)O)C2)c(F)c1. The molecule has 2 rings (SSSR count). The number of hydrogen-bond acceptors (Lipinski definition) is 4. The first-order valence-corrected chi connectivity index (χ1v) is 5.54. The Hall–Kier alpha value is -2.88. The number of allylic oxidation sites excluding steroid dienone is 2. The first-order valence-electron chi connectivity index (χ1n) is 5.54. The van der Waals surface area contributed by atoms with Crippen molar-refractivity contribution in [3.63, 3.8) is 0 Å². The third kappa shape index (κ3) is 2.75. The van der Waals surface area contributed by atoms with Gasteiger partial charge in [0, 0.05) is 6.20 Å². The van der Waals surface area contributed by atoms with Crippen molar-refractivity contribution >= 4 is 11.7 Å². The molecule has 0 amide bonds. The molecular formula is C13H9F2N3O2. The molecule has 1 aliphatic rings. The van der Waals surface area contributed by atoms with Gasteiger partial charge < -0.3 is 5.11 Å². The molecule has 1 aromatic rings. The molecule has 0 saturated carbocycles. The molecule has 0 aliphatic carbocycles. The van der Waals surface area contributed by atoms with Gasteiger partial charge in [0.05, 0.1) is 23.8 Å².